The number of azo groups is 1. The SMILES string of the molecule is CC(C)(C)OC(=O)c1cc(=O)n(N2CCCCC2)c(O)c1N=Nc1nn(C2CCC2)cc1C(N)=O. The second kappa shape index (κ2) is 9.51. The van der Waals surface area contributed by atoms with Crippen molar-refractivity contribution in [1.82, 2.24) is 14.5 Å². The molecule has 0 atom stereocenters. The molecule has 0 aromatic carbocycles. The third kappa shape index (κ3) is 5.20. The number of aromatic nitrogens is 3. The van der Waals surface area contributed by atoms with Gasteiger partial charge in [-0.25, -0.2) is 4.79 Å². The number of esters is 1. The Bertz CT molecular complexity index is 1210. The number of amides is 1. The fraction of sp³-hybridized carbons (Fsp3) is 0.565. The van der Waals surface area contributed by atoms with Crippen LogP contribution in [0, 0.1) is 0 Å². The Morgan fingerprint density at radius 1 is 1.11 bits per heavy atom. The lowest BCUT2D eigenvalue weighted by Crippen LogP contribution is -2.45. The van der Waals surface area contributed by atoms with Gasteiger partial charge in [0.1, 0.15) is 11.2 Å². The molecule has 1 amide bonds. The summed E-state index contributed by atoms with van der Waals surface area (Å²) in [6.07, 6.45) is 7.20. The number of hydrogen-bond acceptors (Lipinski definition) is 9. The molecule has 0 radical (unpaired) electrons. The minimum absolute atomic E-state index is 0.0327. The monoisotopic (exact) mass is 485 g/mol. The summed E-state index contributed by atoms with van der Waals surface area (Å²) in [4.78, 5) is 37.8. The normalized spacial score (nSPS) is 16.9. The highest BCUT2D eigenvalue weighted by Gasteiger charge is 2.28. The molecule has 2 aromatic rings. The van der Waals surface area contributed by atoms with Crippen LogP contribution < -0.4 is 16.3 Å². The zero-order valence-electron chi connectivity index (χ0n) is 20.2. The van der Waals surface area contributed by atoms with Gasteiger partial charge >= 0.3 is 5.97 Å². The Balaban J connectivity index is 1.80. The molecule has 188 valence electrons. The molecule has 2 fully saturated rings. The standard InChI is InChI=1S/C23H31N7O5/c1-23(2,3)35-22(34)15-12-17(31)30(28-10-5-4-6-11-28)21(33)18(15)25-26-20-16(19(24)32)13-29(27-20)14-8-7-9-14/h12-14,33H,4-11H2,1-3H3,(H2,24,32). The quantitative estimate of drug-likeness (QED) is 0.470. The Morgan fingerprint density at radius 2 is 1.80 bits per heavy atom. The lowest BCUT2D eigenvalue weighted by molar-refractivity contribution is 0.00694. The van der Waals surface area contributed by atoms with Gasteiger partial charge in [0, 0.05) is 25.4 Å². The van der Waals surface area contributed by atoms with Crippen molar-refractivity contribution >= 4 is 23.4 Å². The number of hydrogen-bond donors (Lipinski definition) is 2. The number of ether oxygens (including phenoxy) is 1. The number of rotatable bonds is 6. The van der Waals surface area contributed by atoms with Gasteiger partial charge in [0.2, 0.25) is 11.7 Å². The molecule has 2 aliphatic rings. The maximum atomic E-state index is 12.9. The minimum Gasteiger partial charge on any atom is -0.492 e. The van der Waals surface area contributed by atoms with E-state index in [-0.39, 0.29) is 28.7 Å². The maximum Gasteiger partial charge on any atom is 0.341 e. The summed E-state index contributed by atoms with van der Waals surface area (Å²) in [6, 6.07) is 1.24. The van der Waals surface area contributed by atoms with Gasteiger partial charge in [0.05, 0.1) is 11.6 Å². The first kappa shape index (κ1) is 24.4. The highest BCUT2D eigenvalue weighted by molar-refractivity contribution is 5.97. The number of nitrogens with two attached hydrogens (primary N) is 1. The van der Waals surface area contributed by atoms with Crippen molar-refractivity contribution < 1.29 is 19.4 Å². The summed E-state index contributed by atoms with van der Waals surface area (Å²) in [6.45, 7) is 6.19. The van der Waals surface area contributed by atoms with Crippen LogP contribution in [0.15, 0.2) is 27.3 Å². The van der Waals surface area contributed by atoms with E-state index in [4.69, 9.17) is 10.5 Å². The van der Waals surface area contributed by atoms with E-state index in [0.717, 1.165) is 49.3 Å². The van der Waals surface area contributed by atoms with Gasteiger partial charge in [-0.3, -0.25) is 14.3 Å². The second-order valence-electron chi connectivity index (χ2n) is 9.89. The Kier molecular flexibility index (Phi) is 6.64. The number of pyridine rings is 1. The number of aromatic hydroxyl groups is 1. The van der Waals surface area contributed by atoms with Gasteiger partial charge in [-0.15, -0.1) is 15.3 Å². The van der Waals surface area contributed by atoms with E-state index >= 15 is 0 Å². The molecule has 35 heavy (non-hydrogen) atoms. The van der Waals surface area contributed by atoms with Crippen LogP contribution >= 0.6 is 0 Å². The average molecular weight is 486 g/mol. The molecule has 3 heterocycles. The lowest BCUT2D eigenvalue weighted by atomic mass is 9.93. The molecule has 0 spiro atoms. The van der Waals surface area contributed by atoms with E-state index in [1.54, 1.807) is 30.5 Å². The van der Waals surface area contributed by atoms with E-state index in [1.807, 2.05) is 0 Å². The summed E-state index contributed by atoms with van der Waals surface area (Å²) >= 11 is 0. The summed E-state index contributed by atoms with van der Waals surface area (Å²) in [5, 5.41) is 25.3. The third-order valence-corrected chi connectivity index (χ3v) is 6.05. The Hall–Kier alpha value is -3.70. The molecular formula is C23H31N7O5. The fourth-order valence-corrected chi connectivity index (χ4v) is 4.08. The molecule has 0 unspecified atom stereocenters. The summed E-state index contributed by atoms with van der Waals surface area (Å²) in [5.74, 6) is -2.13. The van der Waals surface area contributed by atoms with Crippen LogP contribution in [0.25, 0.3) is 0 Å². The first-order valence-electron chi connectivity index (χ1n) is 11.8. The molecule has 0 bridgehead atoms. The Labute approximate surface area is 202 Å². The second-order valence-corrected chi connectivity index (χ2v) is 9.89. The molecule has 1 saturated heterocycles. The van der Waals surface area contributed by atoms with E-state index in [1.165, 1.54) is 6.20 Å². The molecule has 4 rings (SSSR count). The van der Waals surface area contributed by atoms with E-state index < -0.39 is 28.9 Å². The highest BCUT2D eigenvalue weighted by atomic mass is 16.6. The van der Waals surface area contributed by atoms with E-state index in [2.05, 4.69) is 15.3 Å². The maximum absolute atomic E-state index is 12.9. The van der Waals surface area contributed by atoms with Crippen LogP contribution in [0.5, 0.6) is 5.88 Å². The largest absolute Gasteiger partial charge is 0.492 e. The smallest absolute Gasteiger partial charge is 0.341 e. The lowest BCUT2D eigenvalue weighted by Gasteiger charge is -2.31. The first-order chi connectivity index (χ1) is 16.5. The van der Waals surface area contributed by atoms with Crippen molar-refractivity contribution in [2.24, 2.45) is 16.0 Å². The summed E-state index contributed by atoms with van der Waals surface area (Å²) < 4.78 is 8.16. The number of piperidine rings is 1. The molecule has 2 aromatic heterocycles. The third-order valence-electron chi connectivity index (χ3n) is 6.05. The Morgan fingerprint density at radius 3 is 2.37 bits per heavy atom. The molecule has 1 aliphatic carbocycles. The van der Waals surface area contributed by atoms with Gasteiger partial charge in [-0.05, 0) is 59.3 Å². The molecule has 1 saturated carbocycles. The molecule has 3 N–H and O–H groups in total. The zero-order valence-corrected chi connectivity index (χ0v) is 20.2. The van der Waals surface area contributed by atoms with Crippen LogP contribution in [0.3, 0.4) is 0 Å². The molecule has 12 nitrogen and oxygen atoms in total. The predicted octanol–water partition coefficient (Wildman–Crippen LogP) is 3.07. The van der Waals surface area contributed by atoms with Crippen LogP contribution in [0.1, 0.15) is 86.1 Å². The van der Waals surface area contributed by atoms with Crippen LogP contribution in [-0.2, 0) is 4.74 Å². The van der Waals surface area contributed by atoms with Crippen molar-refractivity contribution in [3.8, 4) is 5.88 Å². The van der Waals surface area contributed by atoms with Crippen molar-refractivity contribution in [3.63, 3.8) is 0 Å². The van der Waals surface area contributed by atoms with Gasteiger partial charge in [0.15, 0.2) is 5.69 Å². The van der Waals surface area contributed by atoms with Crippen LogP contribution in [0.2, 0.25) is 0 Å². The van der Waals surface area contributed by atoms with Crippen LogP contribution in [-0.4, -0.2) is 50.1 Å². The number of primary amides is 1. The van der Waals surface area contributed by atoms with Crippen LogP contribution in [0.4, 0.5) is 11.5 Å². The van der Waals surface area contributed by atoms with Gasteiger partial charge in [0.25, 0.3) is 11.5 Å². The van der Waals surface area contributed by atoms with Crippen molar-refractivity contribution in [2.45, 2.75) is 70.9 Å². The van der Waals surface area contributed by atoms with Gasteiger partial charge in [-0.1, -0.05) is 0 Å². The van der Waals surface area contributed by atoms with Crippen molar-refractivity contribution in [2.75, 3.05) is 18.1 Å². The first-order valence-corrected chi connectivity index (χ1v) is 11.8. The average Bonchev–Trinajstić information content (AvgIpc) is 3.15. The van der Waals surface area contributed by atoms with Gasteiger partial charge in [-0.2, -0.15) is 4.68 Å². The highest BCUT2D eigenvalue weighted by Crippen LogP contribution is 2.35. The number of carbonyl (C=O) groups is 2. The van der Waals surface area contributed by atoms with Crippen molar-refractivity contribution in [3.05, 3.63) is 33.7 Å². The van der Waals surface area contributed by atoms with E-state index in [0.29, 0.717) is 13.1 Å². The zero-order chi connectivity index (χ0) is 25.3. The topological polar surface area (TPSA) is 157 Å². The molecule has 1 aliphatic heterocycles. The predicted molar refractivity (Wildman–Crippen MR) is 127 cm³/mol. The minimum atomic E-state index is -0.844. The summed E-state index contributed by atoms with van der Waals surface area (Å²) in [7, 11) is 0. The van der Waals surface area contributed by atoms with E-state index in [9.17, 15) is 19.5 Å². The number of nitrogens with zero attached hydrogens (tertiary/aromatic N) is 6. The summed E-state index contributed by atoms with van der Waals surface area (Å²) in [5.41, 5.74) is 3.66. The molecular weight excluding hydrogens is 454 g/mol. The fourth-order valence-electron chi connectivity index (χ4n) is 4.08. The number of carbonyl (C=O) groups excluding carboxylic acids is 2. The van der Waals surface area contributed by atoms with Gasteiger partial charge < -0.3 is 20.6 Å². The molecule has 12 heteroatoms. The van der Waals surface area contributed by atoms with Crippen molar-refractivity contribution in [1.29, 1.82) is 0 Å².